The van der Waals surface area contributed by atoms with Crippen LogP contribution in [0.5, 0.6) is 0 Å². The lowest BCUT2D eigenvalue weighted by atomic mass is 9.96. The maximum atomic E-state index is 12.2. The number of halogens is 1. The Kier molecular flexibility index (Phi) is 7.09. The molecule has 1 N–H and O–H groups in total. The minimum Gasteiger partial charge on any atom is -0.465 e. The number of hydrogen-bond donors (Lipinski definition) is 1. The van der Waals surface area contributed by atoms with E-state index in [1.807, 2.05) is 23.1 Å². The molecular formula is C22H23ClN2O3. The van der Waals surface area contributed by atoms with Crippen molar-refractivity contribution >= 4 is 35.6 Å². The molecule has 0 unspecified atom stereocenters. The second-order valence-electron chi connectivity index (χ2n) is 6.72. The number of likely N-dealkylation sites (tertiary alicyclic amines) is 1. The molecule has 0 radical (unpaired) electrons. The Hall–Kier alpha value is -2.79. The summed E-state index contributed by atoms with van der Waals surface area (Å²) in [6.45, 7) is 1.99. The molecule has 1 aliphatic rings. The summed E-state index contributed by atoms with van der Waals surface area (Å²) in [5, 5.41) is 3.55. The SMILES string of the molecule is O=C(/C=C/c1ccccc1Cl)NCC1CCN(C(=O)/C=C/c2ccco2)CC1. The molecule has 1 fully saturated rings. The van der Waals surface area contributed by atoms with Crippen LogP contribution in [-0.2, 0) is 9.59 Å². The first kappa shape index (κ1) is 20.0. The Morgan fingerprint density at radius 2 is 1.89 bits per heavy atom. The second-order valence-corrected chi connectivity index (χ2v) is 7.12. The van der Waals surface area contributed by atoms with Gasteiger partial charge in [0.25, 0.3) is 0 Å². The number of hydrogen-bond acceptors (Lipinski definition) is 3. The van der Waals surface area contributed by atoms with E-state index in [4.69, 9.17) is 16.0 Å². The van der Waals surface area contributed by atoms with Crippen molar-refractivity contribution in [3.63, 3.8) is 0 Å². The fourth-order valence-electron chi connectivity index (χ4n) is 3.08. The second kappa shape index (κ2) is 9.95. The van der Waals surface area contributed by atoms with Crippen molar-refractivity contribution in [2.45, 2.75) is 12.8 Å². The van der Waals surface area contributed by atoms with Gasteiger partial charge in [-0.3, -0.25) is 9.59 Å². The van der Waals surface area contributed by atoms with Gasteiger partial charge in [-0.25, -0.2) is 0 Å². The Morgan fingerprint density at radius 3 is 2.61 bits per heavy atom. The number of nitrogens with one attached hydrogen (secondary N) is 1. The van der Waals surface area contributed by atoms with Gasteiger partial charge in [0.1, 0.15) is 5.76 Å². The van der Waals surface area contributed by atoms with E-state index in [1.165, 1.54) is 6.08 Å². The summed E-state index contributed by atoms with van der Waals surface area (Å²) in [5.41, 5.74) is 0.814. The molecule has 2 aromatic rings. The van der Waals surface area contributed by atoms with Crippen LogP contribution in [0.4, 0.5) is 0 Å². The molecule has 2 heterocycles. The molecule has 1 aromatic heterocycles. The molecule has 28 heavy (non-hydrogen) atoms. The quantitative estimate of drug-likeness (QED) is 0.747. The fourth-order valence-corrected chi connectivity index (χ4v) is 3.28. The van der Waals surface area contributed by atoms with E-state index in [1.54, 1.807) is 42.7 Å². The van der Waals surface area contributed by atoms with Gasteiger partial charge < -0.3 is 14.6 Å². The molecule has 3 rings (SSSR count). The Labute approximate surface area is 169 Å². The number of furan rings is 1. The monoisotopic (exact) mass is 398 g/mol. The highest BCUT2D eigenvalue weighted by Gasteiger charge is 2.21. The molecule has 2 amide bonds. The van der Waals surface area contributed by atoms with Gasteiger partial charge in [0, 0.05) is 36.8 Å². The van der Waals surface area contributed by atoms with Crippen LogP contribution >= 0.6 is 11.6 Å². The van der Waals surface area contributed by atoms with Gasteiger partial charge in [-0.05, 0) is 54.7 Å². The van der Waals surface area contributed by atoms with E-state index >= 15 is 0 Å². The molecule has 146 valence electrons. The van der Waals surface area contributed by atoms with Crippen molar-refractivity contribution in [1.82, 2.24) is 10.2 Å². The highest BCUT2D eigenvalue weighted by Crippen LogP contribution is 2.18. The van der Waals surface area contributed by atoms with Crippen LogP contribution in [0, 0.1) is 5.92 Å². The van der Waals surface area contributed by atoms with Crippen LogP contribution in [0.3, 0.4) is 0 Å². The predicted octanol–water partition coefficient (Wildman–Crippen LogP) is 4.01. The molecule has 0 aliphatic carbocycles. The molecule has 1 saturated heterocycles. The van der Waals surface area contributed by atoms with Crippen LogP contribution in [0.1, 0.15) is 24.2 Å². The summed E-state index contributed by atoms with van der Waals surface area (Å²) in [6, 6.07) is 11.0. The van der Waals surface area contributed by atoms with Crippen molar-refractivity contribution < 1.29 is 14.0 Å². The number of piperidine rings is 1. The van der Waals surface area contributed by atoms with E-state index in [0.717, 1.165) is 18.4 Å². The van der Waals surface area contributed by atoms with Crippen LogP contribution in [-0.4, -0.2) is 36.3 Å². The molecule has 6 heteroatoms. The Morgan fingerprint density at radius 1 is 1.11 bits per heavy atom. The normalized spacial score (nSPS) is 15.4. The van der Waals surface area contributed by atoms with Crippen LogP contribution < -0.4 is 5.32 Å². The summed E-state index contributed by atoms with van der Waals surface area (Å²) in [6.07, 6.45) is 9.75. The molecule has 0 bridgehead atoms. The van der Waals surface area contributed by atoms with Gasteiger partial charge in [0.2, 0.25) is 11.8 Å². The zero-order chi connectivity index (χ0) is 19.8. The maximum absolute atomic E-state index is 12.2. The third-order valence-electron chi connectivity index (χ3n) is 4.74. The third-order valence-corrected chi connectivity index (χ3v) is 5.09. The predicted molar refractivity (Wildman–Crippen MR) is 111 cm³/mol. The molecule has 1 aliphatic heterocycles. The standard InChI is InChI=1S/C22H23ClN2O3/c23-20-6-2-1-4-18(20)7-9-21(26)24-16-17-11-13-25(14-12-17)22(27)10-8-19-5-3-15-28-19/h1-10,15,17H,11-14,16H2,(H,24,26)/b9-7+,10-8+. The summed E-state index contributed by atoms with van der Waals surface area (Å²) >= 11 is 6.07. The van der Waals surface area contributed by atoms with Gasteiger partial charge in [-0.1, -0.05) is 29.8 Å². The van der Waals surface area contributed by atoms with Gasteiger partial charge in [0.05, 0.1) is 6.26 Å². The van der Waals surface area contributed by atoms with E-state index < -0.39 is 0 Å². The fraction of sp³-hybridized carbons (Fsp3) is 0.273. The minimum absolute atomic E-state index is 0.0124. The van der Waals surface area contributed by atoms with E-state index in [-0.39, 0.29) is 11.8 Å². The molecule has 0 atom stereocenters. The van der Waals surface area contributed by atoms with Crippen molar-refractivity contribution in [1.29, 1.82) is 0 Å². The molecule has 0 spiro atoms. The number of carbonyl (C=O) groups excluding carboxylic acids is 2. The van der Waals surface area contributed by atoms with Crippen LogP contribution in [0.15, 0.2) is 59.2 Å². The first-order valence-corrected chi connectivity index (χ1v) is 9.70. The zero-order valence-electron chi connectivity index (χ0n) is 15.5. The highest BCUT2D eigenvalue weighted by molar-refractivity contribution is 6.32. The number of rotatable bonds is 6. The number of amides is 2. The smallest absolute Gasteiger partial charge is 0.246 e. The number of benzene rings is 1. The molecule has 5 nitrogen and oxygen atoms in total. The third kappa shape index (κ3) is 5.86. The van der Waals surface area contributed by atoms with E-state index in [9.17, 15) is 9.59 Å². The van der Waals surface area contributed by atoms with E-state index in [0.29, 0.717) is 36.3 Å². The lowest BCUT2D eigenvalue weighted by Crippen LogP contribution is -2.40. The average molecular weight is 399 g/mol. The lowest BCUT2D eigenvalue weighted by molar-refractivity contribution is -0.127. The van der Waals surface area contributed by atoms with Crippen molar-refractivity contribution in [3.05, 3.63) is 71.2 Å². The molecule has 0 saturated carbocycles. The van der Waals surface area contributed by atoms with Gasteiger partial charge in [-0.2, -0.15) is 0 Å². The van der Waals surface area contributed by atoms with Crippen molar-refractivity contribution in [3.8, 4) is 0 Å². The van der Waals surface area contributed by atoms with Crippen LogP contribution in [0.2, 0.25) is 5.02 Å². The summed E-state index contributed by atoms with van der Waals surface area (Å²) in [5.74, 6) is 0.882. The maximum Gasteiger partial charge on any atom is 0.246 e. The zero-order valence-corrected chi connectivity index (χ0v) is 16.3. The Bertz CT molecular complexity index is 850. The van der Waals surface area contributed by atoms with Gasteiger partial charge in [0.15, 0.2) is 0 Å². The van der Waals surface area contributed by atoms with Crippen LogP contribution in [0.25, 0.3) is 12.2 Å². The first-order chi connectivity index (χ1) is 13.6. The van der Waals surface area contributed by atoms with Gasteiger partial charge in [-0.15, -0.1) is 0 Å². The number of nitrogens with zero attached hydrogens (tertiary/aromatic N) is 1. The highest BCUT2D eigenvalue weighted by atomic mass is 35.5. The number of carbonyl (C=O) groups is 2. The largest absolute Gasteiger partial charge is 0.465 e. The van der Waals surface area contributed by atoms with Crippen molar-refractivity contribution in [2.24, 2.45) is 5.92 Å². The molecule has 1 aromatic carbocycles. The van der Waals surface area contributed by atoms with Gasteiger partial charge >= 0.3 is 0 Å². The van der Waals surface area contributed by atoms with Crippen molar-refractivity contribution in [2.75, 3.05) is 19.6 Å². The first-order valence-electron chi connectivity index (χ1n) is 9.33. The topological polar surface area (TPSA) is 62.6 Å². The lowest BCUT2D eigenvalue weighted by Gasteiger charge is -2.31. The van der Waals surface area contributed by atoms with E-state index in [2.05, 4.69) is 5.32 Å². The summed E-state index contributed by atoms with van der Waals surface area (Å²) in [4.78, 5) is 26.1. The molecular weight excluding hydrogens is 376 g/mol. The average Bonchev–Trinajstić information content (AvgIpc) is 3.24. The summed E-state index contributed by atoms with van der Waals surface area (Å²) < 4.78 is 5.19. The summed E-state index contributed by atoms with van der Waals surface area (Å²) in [7, 11) is 0. The minimum atomic E-state index is -0.139. The Balaban J connectivity index is 1.39.